The fourth-order valence-corrected chi connectivity index (χ4v) is 2.59. The first kappa shape index (κ1) is 19.2. The maximum Gasteiger partial charge on any atom is 0.167 e. The lowest BCUT2D eigenvalue weighted by atomic mass is 9.91. The Morgan fingerprint density at radius 2 is 1.78 bits per heavy atom. The summed E-state index contributed by atoms with van der Waals surface area (Å²) in [5.74, 6) is 0.815. The molecule has 0 radical (unpaired) electrons. The molecule has 0 fully saturated rings. The standard InChI is InChI=1S/C19H23NO2.ClH/c1-20(2)14-17(12-15-8-5-4-6-9-15)19(21)16-10-7-11-18(13-16)22-3;/h4-11,13,17H,12,14H2,1-3H3;1H/t17-;/m1./s1. The van der Waals surface area contributed by atoms with Crippen molar-refractivity contribution in [3.63, 3.8) is 0 Å². The van der Waals surface area contributed by atoms with E-state index < -0.39 is 0 Å². The van der Waals surface area contributed by atoms with Crippen LogP contribution in [0.25, 0.3) is 0 Å². The van der Waals surface area contributed by atoms with E-state index in [-0.39, 0.29) is 24.1 Å². The van der Waals surface area contributed by atoms with Crippen LogP contribution < -0.4 is 4.74 Å². The number of ketones is 1. The predicted molar refractivity (Wildman–Crippen MR) is 96.8 cm³/mol. The second kappa shape index (κ2) is 9.33. The lowest BCUT2D eigenvalue weighted by molar-refractivity contribution is 0.0896. The number of Topliss-reactive ketones (excluding diaryl/α,β-unsaturated/α-hetero) is 1. The highest BCUT2D eigenvalue weighted by atomic mass is 35.5. The zero-order valence-corrected chi connectivity index (χ0v) is 14.7. The third-order valence-corrected chi connectivity index (χ3v) is 3.64. The highest BCUT2D eigenvalue weighted by Gasteiger charge is 2.21. The number of carbonyl (C=O) groups excluding carboxylic acids is 1. The van der Waals surface area contributed by atoms with Gasteiger partial charge in [-0.2, -0.15) is 0 Å². The van der Waals surface area contributed by atoms with E-state index >= 15 is 0 Å². The fraction of sp³-hybridized carbons (Fsp3) is 0.316. The van der Waals surface area contributed by atoms with Gasteiger partial charge in [0.1, 0.15) is 5.75 Å². The number of carbonyl (C=O) groups is 1. The van der Waals surface area contributed by atoms with Gasteiger partial charge in [0, 0.05) is 18.0 Å². The van der Waals surface area contributed by atoms with Crippen LogP contribution in [0.2, 0.25) is 0 Å². The third kappa shape index (κ3) is 5.70. The van der Waals surface area contributed by atoms with Gasteiger partial charge in [-0.05, 0) is 38.2 Å². The van der Waals surface area contributed by atoms with Crippen LogP contribution in [-0.4, -0.2) is 38.4 Å². The summed E-state index contributed by atoms with van der Waals surface area (Å²) >= 11 is 0. The van der Waals surface area contributed by atoms with E-state index in [0.29, 0.717) is 11.3 Å². The van der Waals surface area contributed by atoms with Gasteiger partial charge in [-0.1, -0.05) is 42.5 Å². The van der Waals surface area contributed by atoms with E-state index in [9.17, 15) is 4.79 Å². The molecule has 2 rings (SSSR count). The minimum absolute atomic E-state index is 0. The lowest BCUT2D eigenvalue weighted by Crippen LogP contribution is -2.29. The summed E-state index contributed by atoms with van der Waals surface area (Å²) in [6.45, 7) is 0.727. The smallest absolute Gasteiger partial charge is 0.167 e. The van der Waals surface area contributed by atoms with Gasteiger partial charge in [0.25, 0.3) is 0 Å². The molecule has 0 bridgehead atoms. The number of rotatable bonds is 7. The van der Waals surface area contributed by atoms with Gasteiger partial charge in [-0.15, -0.1) is 12.4 Å². The normalized spacial score (nSPS) is 11.7. The van der Waals surface area contributed by atoms with Gasteiger partial charge in [0.05, 0.1) is 7.11 Å². The van der Waals surface area contributed by atoms with Crippen molar-refractivity contribution < 1.29 is 9.53 Å². The van der Waals surface area contributed by atoms with Crippen LogP contribution in [-0.2, 0) is 6.42 Å². The van der Waals surface area contributed by atoms with Crippen LogP contribution in [0, 0.1) is 5.92 Å². The van der Waals surface area contributed by atoms with E-state index in [0.717, 1.165) is 13.0 Å². The van der Waals surface area contributed by atoms with Crippen molar-refractivity contribution in [1.82, 2.24) is 4.90 Å². The van der Waals surface area contributed by atoms with E-state index in [1.165, 1.54) is 5.56 Å². The van der Waals surface area contributed by atoms with Gasteiger partial charge in [-0.3, -0.25) is 4.79 Å². The highest BCUT2D eigenvalue weighted by Crippen LogP contribution is 2.19. The maximum absolute atomic E-state index is 12.9. The Hall–Kier alpha value is -1.84. The van der Waals surface area contributed by atoms with Crippen molar-refractivity contribution in [2.45, 2.75) is 6.42 Å². The van der Waals surface area contributed by atoms with Crippen LogP contribution in [0.1, 0.15) is 15.9 Å². The summed E-state index contributed by atoms with van der Waals surface area (Å²) in [5.41, 5.74) is 1.90. The third-order valence-electron chi connectivity index (χ3n) is 3.64. The quantitative estimate of drug-likeness (QED) is 0.723. The van der Waals surface area contributed by atoms with E-state index in [1.807, 2.05) is 56.6 Å². The Morgan fingerprint density at radius 3 is 2.39 bits per heavy atom. The zero-order chi connectivity index (χ0) is 15.9. The topological polar surface area (TPSA) is 29.5 Å². The van der Waals surface area contributed by atoms with Crippen LogP contribution in [0.3, 0.4) is 0 Å². The fourth-order valence-electron chi connectivity index (χ4n) is 2.59. The van der Waals surface area contributed by atoms with Crippen LogP contribution in [0.4, 0.5) is 0 Å². The minimum atomic E-state index is -0.0653. The number of halogens is 1. The van der Waals surface area contributed by atoms with Crippen LogP contribution in [0.5, 0.6) is 5.75 Å². The molecule has 4 heteroatoms. The van der Waals surface area contributed by atoms with Gasteiger partial charge < -0.3 is 9.64 Å². The number of benzene rings is 2. The van der Waals surface area contributed by atoms with E-state index in [2.05, 4.69) is 17.0 Å². The summed E-state index contributed by atoms with van der Waals surface area (Å²) in [6, 6.07) is 17.6. The molecule has 0 saturated heterocycles. The van der Waals surface area contributed by atoms with Crippen molar-refractivity contribution in [1.29, 1.82) is 0 Å². The van der Waals surface area contributed by atoms with Crippen LogP contribution in [0.15, 0.2) is 54.6 Å². The Labute approximate surface area is 144 Å². The van der Waals surface area contributed by atoms with Crippen LogP contribution >= 0.6 is 12.4 Å². The lowest BCUT2D eigenvalue weighted by Gasteiger charge is -2.20. The molecule has 0 saturated carbocycles. The minimum Gasteiger partial charge on any atom is -0.497 e. The number of hydrogen-bond donors (Lipinski definition) is 0. The monoisotopic (exact) mass is 333 g/mol. The van der Waals surface area contributed by atoms with Crippen molar-refractivity contribution in [3.05, 3.63) is 65.7 Å². The van der Waals surface area contributed by atoms with Crippen molar-refractivity contribution in [3.8, 4) is 5.75 Å². The second-order valence-electron chi connectivity index (χ2n) is 5.75. The SMILES string of the molecule is COc1cccc(C(=O)[C@H](Cc2ccccc2)CN(C)C)c1.Cl. The Kier molecular flexibility index (Phi) is 7.79. The summed E-state index contributed by atoms with van der Waals surface area (Å²) in [7, 11) is 5.61. The van der Waals surface area contributed by atoms with Crippen molar-refractivity contribution >= 4 is 18.2 Å². The summed E-state index contributed by atoms with van der Waals surface area (Å²) < 4.78 is 5.22. The number of methoxy groups -OCH3 is 1. The van der Waals surface area contributed by atoms with Gasteiger partial charge in [0.2, 0.25) is 0 Å². The molecule has 0 spiro atoms. The first-order valence-electron chi connectivity index (χ1n) is 7.47. The average Bonchev–Trinajstić information content (AvgIpc) is 2.54. The average molecular weight is 334 g/mol. The Morgan fingerprint density at radius 1 is 1.09 bits per heavy atom. The Bertz CT molecular complexity index is 614. The molecular formula is C19H24ClNO2. The molecule has 2 aromatic rings. The first-order valence-corrected chi connectivity index (χ1v) is 7.47. The summed E-state index contributed by atoms with van der Waals surface area (Å²) in [6.07, 6.45) is 0.745. The van der Waals surface area contributed by atoms with Gasteiger partial charge in [-0.25, -0.2) is 0 Å². The molecule has 0 aliphatic rings. The molecule has 0 amide bonds. The largest absolute Gasteiger partial charge is 0.497 e. The van der Waals surface area contributed by atoms with Gasteiger partial charge in [0.15, 0.2) is 5.78 Å². The molecule has 0 heterocycles. The van der Waals surface area contributed by atoms with Crippen molar-refractivity contribution in [2.24, 2.45) is 5.92 Å². The molecule has 2 aromatic carbocycles. The molecule has 124 valence electrons. The molecular weight excluding hydrogens is 310 g/mol. The molecule has 23 heavy (non-hydrogen) atoms. The van der Waals surface area contributed by atoms with E-state index in [1.54, 1.807) is 7.11 Å². The predicted octanol–water partition coefficient (Wildman–Crippen LogP) is 3.72. The molecule has 0 aliphatic heterocycles. The molecule has 3 nitrogen and oxygen atoms in total. The van der Waals surface area contributed by atoms with E-state index in [4.69, 9.17) is 4.74 Å². The number of nitrogens with zero attached hydrogens (tertiary/aromatic N) is 1. The summed E-state index contributed by atoms with van der Waals surface area (Å²) in [5, 5.41) is 0. The number of hydrogen-bond acceptors (Lipinski definition) is 3. The maximum atomic E-state index is 12.9. The molecule has 0 N–H and O–H groups in total. The molecule has 0 aromatic heterocycles. The number of ether oxygens (including phenoxy) is 1. The first-order chi connectivity index (χ1) is 10.6. The van der Waals surface area contributed by atoms with Crippen molar-refractivity contribution in [2.75, 3.05) is 27.7 Å². The zero-order valence-electron chi connectivity index (χ0n) is 13.9. The Balaban J connectivity index is 0.00000264. The summed E-state index contributed by atoms with van der Waals surface area (Å²) in [4.78, 5) is 14.9. The molecule has 0 unspecified atom stereocenters. The second-order valence-corrected chi connectivity index (χ2v) is 5.75. The molecule has 0 aliphatic carbocycles. The molecule has 1 atom stereocenters. The highest BCUT2D eigenvalue weighted by molar-refractivity contribution is 5.98. The van der Waals surface area contributed by atoms with Gasteiger partial charge >= 0.3 is 0 Å².